The van der Waals surface area contributed by atoms with E-state index in [-0.39, 0.29) is 5.92 Å². The lowest BCUT2D eigenvalue weighted by Crippen LogP contribution is -2.07. The molecule has 1 aromatic rings. The van der Waals surface area contributed by atoms with Gasteiger partial charge in [0.05, 0.1) is 10.9 Å². The molecule has 2 nitrogen and oxygen atoms in total. The van der Waals surface area contributed by atoms with Crippen LogP contribution in [0.2, 0.25) is 5.02 Å². The molecule has 2 rings (SSSR count). The highest BCUT2D eigenvalue weighted by atomic mass is 79.9. The van der Waals surface area contributed by atoms with Crippen LogP contribution in [0, 0.1) is 0 Å². The maximum absolute atomic E-state index is 10.9. The van der Waals surface area contributed by atoms with Gasteiger partial charge in [-0.15, -0.1) is 0 Å². The molecule has 0 bridgehead atoms. The second kappa shape index (κ2) is 3.55. The average molecular weight is 276 g/mol. The van der Waals surface area contributed by atoms with Crippen molar-refractivity contribution >= 4 is 33.5 Å². The lowest BCUT2D eigenvalue weighted by molar-refractivity contribution is -0.138. The molecule has 1 aliphatic carbocycles. The highest BCUT2D eigenvalue weighted by molar-refractivity contribution is 9.10. The van der Waals surface area contributed by atoms with Crippen LogP contribution in [0.5, 0.6) is 0 Å². The minimum Gasteiger partial charge on any atom is -0.481 e. The Hall–Kier alpha value is -0.540. The molecule has 0 amide bonds. The van der Waals surface area contributed by atoms with Gasteiger partial charge in [-0.05, 0) is 52.0 Å². The highest BCUT2D eigenvalue weighted by Gasteiger charge is 2.28. The van der Waals surface area contributed by atoms with Gasteiger partial charge in [-0.1, -0.05) is 11.6 Å². The van der Waals surface area contributed by atoms with Gasteiger partial charge in [-0.3, -0.25) is 4.79 Å². The predicted octanol–water partition coefficient (Wildman–Crippen LogP) is 3.22. The number of benzene rings is 1. The monoisotopic (exact) mass is 274 g/mol. The van der Waals surface area contributed by atoms with Crippen LogP contribution in [0.4, 0.5) is 0 Å². The second-order valence-electron chi connectivity index (χ2n) is 3.39. The number of carboxylic acids is 1. The summed E-state index contributed by atoms with van der Waals surface area (Å²) in [5.74, 6) is -1.11. The molecule has 1 unspecified atom stereocenters. The van der Waals surface area contributed by atoms with Gasteiger partial charge in [0.25, 0.3) is 0 Å². The van der Waals surface area contributed by atoms with Crippen molar-refractivity contribution in [1.29, 1.82) is 0 Å². The minimum absolute atomic E-state index is 0.362. The molecule has 0 spiro atoms. The van der Waals surface area contributed by atoms with Gasteiger partial charge < -0.3 is 5.11 Å². The molecule has 0 heterocycles. The molecule has 14 heavy (non-hydrogen) atoms. The van der Waals surface area contributed by atoms with Crippen LogP contribution < -0.4 is 0 Å². The summed E-state index contributed by atoms with van der Waals surface area (Å²) in [5.41, 5.74) is 1.96. The zero-order chi connectivity index (χ0) is 10.3. The number of hydrogen-bond acceptors (Lipinski definition) is 1. The van der Waals surface area contributed by atoms with Gasteiger partial charge in [0, 0.05) is 4.47 Å². The van der Waals surface area contributed by atoms with Crippen molar-refractivity contribution in [3.63, 3.8) is 0 Å². The average Bonchev–Trinajstić information content (AvgIpc) is 2.48. The Morgan fingerprint density at radius 3 is 2.93 bits per heavy atom. The summed E-state index contributed by atoms with van der Waals surface area (Å²) in [5, 5.41) is 9.62. The summed E-state index contributed by atoms with van der Waals surface area (Å²) in [6, 6.07) is 3.67. The Balaban J connectivity index is 2.50. The Morgan fingerprint density at radius 1 is 1.57 bits per heavy atom. The third kappa shape index (κ3) is 1.55. The van der Waals surface area contributed by atoms with E-state index < -0.39 is 5.97 Å². The lowest BCUT2D eigenvalue weighted by Gasteiger charge is -2.06. The molecule has 1 aliphatic rings. The van der Waals surface area contributed by atoms with E-state index in [1.54, 1.807) is 0 Å². The van der Waals surface area contributed by atoms with E-state index in [1.807, 2.05) is 12.1 Å². The molecule has 0 aromatic heterocycles. The van der Waals surface area contributed by atoms with Gasteiger partial charge in [0.2, 0.25) is 0 Å². The fourth-order valence-electron chi connectivity index (χ4n) is 1.86. The fourth-order valence-corrected chi connectivity index (χ4v) is 2.40. The number of fused-ring (bicyclic) bond motifs is 1. The van der Waals surface area contributed by atoms with Crippen LogP contribution in [-0.2, 0) is 11.2 Å². The van der Waals surface area contributed by atoms with Crippen molar-refractivity contribution in [3.05, 3.63) is 32.8 Å². The Kier molecular flexibility index (Phi) is 2.54. The van der Waals surface area contributed by atoms with Crippen LogP contribution >= 0.6 is 27.5 Å². The Labute approximate surface area is 95.0 Å². The second-order valence-corrected chi connectivity index (χ2v) is 4.66. The first kappa shape index (κ1) is 9.99. The number of aryl methyl sites for hydroxylation is 1. The molecule has 0 radical (unpaired) electrons. The summed E-state index contributed by atoms with van der Waals surface area (Å²) in [6.07, 6.45) is 1.48. The maximum Gasteiger partial charge on any atom is 0.310 e. The van der Waals surface area contributed by atoms with E-state index in [0.717, 1.165) is 22.0 Å². The molecule has 1 atom stereocenters. The third-order valence-electron chi connectivity index (χ3n) is 2.56. The van der Waals surface area contributed by atoms with Crippen molar-refractivity contribution in [1.82, 2.24) is 0 Å². The molecule has 74 valence electrons. The first-order valence-corrected chi connectivity index (χ1v) is 5.47. The Bertz CT molecular complexity index is 403. The highest BCUT2D eigenvalue weighted by Crippen LogP contribution is 2.38. The van der Waals surface area contributed by atoms with E-state index >= 15 is 0 Å². The topological polar surface area (TPSA) is 37.3 Å². The lowest BCUT2D eigenvalue weighted by atomic mass is 10.0. The van der Waals surface area contributed by atoms with Crippen LogP contribution in [0.3, 0.4) is 0 Å². The smallest absolute Gasteiger partial charge is 0.310 e. The van der Waals surface area contributed by atoms with Gasteiger partial charge in [0.1, 0.15) is 0 Å². The molecular formula is C10H8BrClO2. The number of carboxylic acid groups (broad SMARTS) is 1. The van der Waals surface area contributed by atoms with Crippen molar-refractivity contribution < 1.29 is 9.90 Å². The normalized spacial score (nSPS) is 19.4. The first-order chi connectivity index (χ1) is 6.59. The quantitative estimate of drug-likeness (QED) is 0.854. The van der Waals surface area contributed by atoms with Crippen LogP contribution in [0.25, 0.3) is 0 Å². The van der Waals surface area contributed by atoms with Crippen molar-refractivity contribution in [2.24, 2.45) is 0 Å². The van der Waals surface area contributed by atoms with Crippen molar-refractivity contribution in [3.8, 4) is 0 Å². The van der Waals surface area contributed by atoms with Gasteiger partial charge in [-0.25, -0.2) is 0 Å². The maximum atomic E-state index is 10.9. The van der Waals surface area contributed by atoms with E-state index in [1.165, 1.54) is 0 Å². The van der Waals surface area contributed by atoms with Gasteiger partial charge >= 0.3 is 5.97 Å². The predicted molar refractivity (Wildman–Crippen MR) is 57.8 cm³/mol. The standard InChI is InChI=1S/C10H8BrClO2/c11-8-4-7-5(3-9(8)12)1-2-6(7)10(13)14/h3-4,6H,1-2H2,(H,13,14). The van der Waals surface area contributed by atoms with E-state index in [2.05, 4.69) is 15.9 Å². The fraction of sp³-hybridized carbons (Fsp3) is 0.300. The molecule has 0 aliphatic heterocycles. The van der Waals surface area contributed by atoms with Crippen LogP contribution in [0.1, 0.15) is 23.5 Å². The van der Waals surface area contributed by atoms with E-state index in [0.29, 0.717) is 11.4 Å². The molecule has 0 saturated carbocycles. The molecular weight excluding hydrogens is 267 g/mol. The number of halogens is 2. The zero-order valence-electron chi connectivity index (χ0n) is 7.26. The molecule has 0 fully saturated rings. The van der Waals surface area contributed by atoms with Crippen LogP contribution in [0.15, 0.2) is 16.6 Å². The van der Waals surface area contributed by atoms with E-state index in [4.69, 9.17) is 16.7 Å². The Morgan fingerprint density at radius 2 is 2.29 bits per heavy atom. The largest absolute Gasteiger partial charge is 0.481 e. The zero-order valence-corrected chi connectivity index (χ0v) is 9.60. The first-order valence-electron chi connectivity index (χ1n) is 4.30. The van der Waals surface area contributed by atoms with Gasteiger partial charge in [-0.2, -0.15) is 0 Å². The third-order valence-corrected chi connectivity index (χ3v) is 3.76. The summed E-state index contributed by atoms with van der Waals surface area (Å²) >= 11 is 9.23. The number of carbonyl (C=O) groups is 1. The minimum atomic E-state index is -0.752. The number of rotatable bonds is 1. The SMILES string of the molecule is O=C(O)C1CCc2cc(Cl)c(Br)cc21. The van der Waals surface area contributed by atoms with Crippen molar-refractivity contribution in [2.75, 3.05) is 0 Å². The summed E-state index contributed by atoms with van der Waals surface area (Å²) in [4.78, 5) is 10.9. The number of aliphatic carboxylic acids is 1. The summed E-state index contributed by atoms with van der Waals surface area (Å²) in [6.45, 7) is 0. The molecule has 4 heteroatoms. The van der Waals surface area contributed by atoms with Crippen molar-refractivity contribution in [2.45, 2.75) is 18.8 Å². The number of hydrogen-bond donors (Lipinski definition) is 1. The molecule has 1 N–H and O–H groups in total. The molecule has 0 saturated heterocycles. The van der Waals surface area contributed by atoms with Crippen LogP contribution in [-0.4, -0.2) is 11.1 Å². The van der Waals surface area contributed by atoms with E-state index in [9.17, 15) is 4.79 Å². The van der Waals surface area contributed by atoms with Gasteiger partial charge in [0.15, 0.2) is 0 Å². The molecule has 1 aromatic carbocycles. The summed E-state index contributed by atoms with van der Waals surface area (Å²) < 4.78 is 0.770. The summed E-state index contributed by atoms with van der Waals surface area (Å²) in [7, 11) is 0.